The number of nitrogens with zero attached hydrogens (tertiary/aromatic N) is 1. The third kappa shape index (κ3) is 8.59. The second-order valence-electron chi connectivity index (χ2n) is 10.6. The molecule has 46 heavy (non-hydrogen) atoms. The molecule has 0 aliphatic carbocycles. The molecule has 1 saturated heterocycles. The Kier molecular flexibility index (Phi) is 11.4. The van der Waals surface area contributed by atoms with Crippen LogP contribution in [0.5, 0.6) is 0 Å². The van der Waals surface area contributed by atoms with Crippen molar-refractivity contribution in [2.45, 2.75) is 71.2 Å². The van der Waals surface area contributed by atoms with Gasteiger partial charge in [-0.1, -0.05) is 39.7 Å². The van der Waals surface area contributed by atoms with Gasteiger partial charge in [0.05, 0.1) is 17.8 Å². The summed E-state index contributed by atoms with van der Waals surface area (Å²) < 4.78 is 28.3. The lowest BCUT2D eigenvalue weighted by atomic mass is 9.91. The zero-order valence-electron chi connectivity index (χ0n) is 25.3. The molecular weight excluding hydrogens is 690 g/mol. The van der Waals surface area contributed by atoms with E-state index in [1.165, 1.54) is 4.90 Å². The van der Waals surface area contributed by atoms with Gasteiger partial charge in [-0.25, -0.2) is 0 Å². The first-order chi connectivity index (χ1) is 21.7. The number of fused-ring (bicyclic) bond motifs is 1. The molecule has 2 heterocycles. The summed E-state index contributed by atoms with van der Waals surface area (Å²) in [6.07, 6.45) is -5.95. The van der Waals surface area contributed by atoms with Crippen molar-refractivity contribution in [2.24, 2.45) is 0 Å². The molecule has 0 bridgehead atoms. The van der Waals surface area contributed by atoms with E-state index in [1.807, 2.05) is 24.3 Å². The Labute approximate surface area is 278 Å². The lowest BCUT2D eigenvalue weighted by molar-refractivity contribution is -0.252. The molecule has 1 amide bonds. The maximum Gasteiger partial charge on any atom is 0.303 e. The number of carbonyl (C=O) groups is 6. The van der Waals surface area contributed by atoms with Gasteiger partial charge in [0, 0.05) is 49.2 Å². The van der Waals surface area contributed by atoms with Crippen molar-refractivity contribution in [1.29, 1.82) is 0 Å². The van der Waals surface area contributed by atoms with Gasteiger partial charge in [0.25, 0.3) is 5.91 Å². The molecule has 244 valence electrons. The van der Waals surface area contributed by atoms with Crippen LogP contribution < -0.4 is 4.90 Å². The molecule has 0 aromatic heterocycles. The van der Waals surface area contributed by atoms with Crippen LogP contribution in [0.4, 0.5) is 5.69 Å². The molecular formula is C32H31BrClNO11. The molecule has 5 atom stereocenters. The van der Waals surface area contributed by atoms with Crippen LogP contribution in [-0.2, 0) is 59.0 Å². The first-order valence-electron chi connectivity index (χ1n) is 14.1. The monoisotopic (exact) mass is 719 g/mol. The molecule has 2 aliphatic heterocycles. The van der Waals surface area contributed by atoms with Crippen molar-refractivity contribution in [3.05, 3.63) is 69.2 Å². The van der Waals surface area contributed by atoms with Crippen molar-refractivity contribution >= 4 is 74.4 Å². The van der Waals surface area contributed by atoms with E-state index in [0.29, 0.717) is 16.3 Å². The van der Waals surface area contributed by atoms with Gasteiger partial charge in [0.1, 0.15) is 18.8 Å². The van der Waals surface area contributed by atoms with Crippen LogP contribution >= 0.6 is 27.5 Å². The third-order valence-electron chi connectivity index (χ3n) is 7.06. The molecule has 0 radical (unpaired) electrons. The molecule has 0 N–H and O–H groups in total. The van der Waals surface area contributed by atoms with Crippen molar-refractivity contribution in [3.8, 4) is 0 Å². The minimum absolute atomic E-state index is 0.0882. The van der Waals surface area contributed by atoms with Crippen molar-refractivity contribution in [2.75, 3.05) is 11.5 Å². The lowest BCUT2D eigenvalue weighted by Crippen LogP contribution is -2.62. The number of hydrogen-bond donors (Lipinski definition) is 0. The van der Waals surface area contributed by atoms with Gasteiger partial charge in [0.2, 0.25) is 0 Å². The maximum atomic E-state index is 13.7. The number of ketones is 1. The molecule has 0 unspecified atom stereocenters. The summed E-state index contributed by atoms with van der Waals surface area (Å²) in [6, 6.07) is 12.4. The van der Waals surface area contributed by atoms with Crippen molar-refractivity contribution in [3.63, 3.8) is 0 Å². The lowest BCUT2D eigenvalue weighted by Gasteiger charge is -2.44. The number of allylic oxidation sites excluding steroid dienone is 1. The van der Waals surface area contributed by atoms with Gasteiger partial charge in [-0.05, 0) is 42.0 Å². The predicted octanol–water partition coefficient (Wildman–Crippen LogP) is 4.12. The van der Waals surface area contributed by atoms with Gasteiger partial charge in [0.15, 0.2) is 24.1 Å². The number of halogens is 2. The van der Waals surface area contributed by atoms with Gasteiger partial charge in [-0.3, -0.25) is 28.8 Å². The smallest absolute Gasteiger partial charge is 0.303 e. The number of amides is 1. The molecule has 4 rings (SSSR count). The molecule has 14 heteroatoms. The van der Waals surface area contributed by atoms with Crippen LogP contribution in [0.2, 0.25) is 5.02 Å². The molecule has 2 aromatic rings. The topological polar surface area (TPSA) is 152 Å². The largest absolute Gasteiger partial charge is 0.463 e. The first kappa shape index (κ1) is 34.8. The van der Waals surface area contributed by atoms with E-state index < -0.39 is 79.1 Å². The second kappa shape index (κ2) is 15.0. The summed E-state index contributed by atoms with van der Waals surface area (Å²) in [6.45, 7) is 4.27. The fourth-order valence-corrected chi connectivity index (χ4v) is 5.74. The standard InChI is InChI=1S/C32H31BrClNO11/c1-16(36)42-15-28-30(44-18(3)38)31(45-19(4)39)29(43-17(2)37)27(46-28)13-23(40)12-25-24-11-22(34)9-10-26(24)35(32(25)41)14-20-5-7-21(33)8-6-20/h5-12,27-31H,13-15H2,1-4H3/b25-12-/t27-,28+,29-,30+,31+/m0/s1. The summed E-state index contributed by atoms with van der Waals surface area (Å²) in [4.78, 5) is 76.7. The first-order valence-corrected chi connectivity index (χ1v) is 15.3. The summed E-state index contributed by atoms with van der Waals surface area (Å²) in [5.41, 5.74) is 1.95. The third-order valence-corrected chi connectivity index (χ3v) is 7.83. The van der Waals surface area contributed by atoms with Crippen LogP contribution in [0.1, 0.15) is 45.2 Å². The molecule has 1 fully saturated rings. The Hall–Kier alpha value is -4.07. The van der Waals surface area contributed by atoms with E-state index in [-0.39, 0.29) is 12.1 Å². The van der Waals surface area contributed by atoms with E-state index >= 15 is 0 Å². The number of anilines is 1. The Morgan fingerprint density at radius 2 is 1.43 bits per heavy atom. The molecule has 2 aliphatic rings. The zero-order chi connectivity index (χ0) is 33.7. The van der Waals surface area contributed by atoms with E-state index in [9.17, 15) is 28.8 Å². The SMILES string of the molecule is CC(=O)OC[C@H]1O[C@@H](CC(=O)/C=C2\C(=O)N(Cc3ccc(Br)cc3)c3ccc(Cl)cc32)[C@H](OC(C)=O)[C@@H](OC(C)=O)[C@@H]1OC(C)=O. The fourth-order valence-electron chi connectivity index (χ4n) is 5.30. The van der Waals surface area contributed by atoms with Crippen molar-refractivity contribution < 1.29 is 52.5 Å². The minimum Gasteiger partial charge on any atom is -0.463 e. The highest BCUT2D eigenvalue weighted by molar-refractivity contribution is 9.10. The zero-order valence-corrected chi connectivity index (χ0v) is 27.7. The quantitative estimate of drug-likeness (QED) is 0.198. The summed E-state index contributed by atoms with van der Waals surface area (Å²) in [5, 5.41) is 0.356. The number of esters is 4. The fraction of sp³-hybridized carbons (Fsp3) is 0.375. The molecule has 12 nitrogen and oxygen atoms in total. The maximum absolute atomic E-state index is 13.7. The average molecular weight is 721 g/mol. The highest BCUT2D eigenvalue weighted by atomic mass is 79.9. The number of benzene rings is 2. The van der Waals surface area contributed by atoms with Gasteiger partial charge < -0.3 is 28.6 Å². The second-order valence-corrected chi connectivity index (χ2v) is 12.0. The minimum atomic E-state index is -1.42. The summed E-state index contributed by atoms with van der Waals surface area (Å²) >= 11 is 9.67. The Balaban J connectivity index is 1.67. The Morgan fingerprint density at radius 1 is 0.848 bits per heavy atom. The van der Waals surface area contributed by atoms with Gasteiger partial charge >= 0.3 is 23.9 Å². The average Bonchev–Trinajstić information content (AvgIpc) is 3.20. The van der Waals surface area contributed by atoms with E-state index in [1.54, 1.807) is 18.2 Å². The van der Waals surface area contributed by atoms with Crippen LogP contribution in [0.25, 0.3) is 5.57 Å². The normalized spacial score (nSPS) is 23.0. The number of hydrogen-bond acceptors (Lipinski definition) is 11. The molecule has 0 saturated carbocycles. The van der Waals surface area contributed by atoms with Gasteiger partial charge in [-0.15, -0.1) is 0 Å². The Bertz CT molecular complexity index is 1570. The summed E-state index contributed by atoms with van der Waals surface area (Å²) in [7, 11) is 0. The van der Waals surface area contributed by atoms with Crippen LogP contribution in [-0.4, -0.2) is 72.7 Å². The summed E-state index contributed by atoms with van der Waals surface area (Å²) in [5.74, 6) is -4.06. The van der Waals surface area contributed by atoms with Crippen LogP contribution in [0.3, 0.4) is 0 Å². The van der Waals surface area contributed by atoms with Gasteiger partial charge in [-0.2, -0.15) is 0 Å². The highest BCUT2D eigenvalue weighted by Gasteiger charge is 2.52. The molecule has 2 aromatic carbocycles. The predicted molar refractivity (Wildman–Crippen MR) is 166 cm³/mol. The van der Waals surface area contributed by atoms with Crippen LogP contribution in [0, 0.1) is 0 Å². The number of rotatable bonds is 10. The Morgan fingerprint density at radius 3 is 2.02 bits per heavy atom. The van der Waals surface area contributed by atoms with E-state index in [4.69, 9.17) is 35.3 Å². The number of ether oxygens (including phenoxy) is 5. The number of carbonyl (C=O) groups excluding carboxylic acids is 6. The van der Waals surface area contributed by atoms with Crippen molar-refractivity contribution in [1.82, 2.24) is 0 Å². The highest BCUT2D eigenvalue weighted by Crippen LogP contribution is 2.40. The van der Waals surface area contributed by atoms with Crippen LogP contribution in [0.15, 0.2) is 53.0 Å². The molecule has 0 spiro atoms. The van der Waals surface area contributed by atoms with E-state index in [2.05, 4.69) is 15.9 Å². The van der Waals surface area contributed by atoms with E-state index in [0.717, 1.165) is 43.8 Å².